The quantitative estimate of drug-likeness (QED) is 0.713. The van der Waals surface area contributed by atoms with Gasteiger partial charge in [-0.15, -0.1) is 11.8 Å². The molecule has 1 N–H and O–H groups in total. The second kappa shape index (κ2) is 8.81. The van der Waals surface area contributed by atoms with Gasteiger partial charge in [-0.05, 0) is 39.2 Å². The van der Waals surface area contributed by atoms with Crippen LogP contribution in [0.4, 0.5) is 0 Å². The van der Waals surface area contributed by atoms with Crippen LogP contribution >= 0.6 is 11.8 Å². The summed E-state index contributed by atoms with van der Waals surface area (Å²) in [6, 6.07) is 0.656. The van der Waals surface area contributed by atoms with Gasteiger partial charge in [-0.25, -0.2) is 0 Å². The van der Waals surface area contributed by atoms with E-state index in [1.165, 1.54) is 32.1 Å². The number of ether oxygens (including phenoxy) is 1. The number of carbonyl (C=O) groups is 1. The first-order chi connectivity index (χ1) is 8.26. The van der Waals surface area contributed by atoms with Crippen LogP contribution in [0.25, 0.3) is 0 Å². The summed E-state index contributed by atoms with van der Waals surface area (Å²) < 4.78 is 4.95. The summed E-state index contributed by atoms with van der Waals surface area (Å²) in [6.45, 7) is 5.65. The summed E-state index contributed by atoms with van der Waals surface area (Å²) >= 11 is 1.77. The standard InChI is InChI=1S/C13H25NO2S/c1-3-8-14-11-6-5-7-12(9-11)17-10-13(15)16-4-2/h11-12,14H,3-10H2,1-2H3. The van der Waals surface area contributed by atoms with Crippen molar-refractivity contribution in [1.29, 1.82) is 0 Å². The average molecular weight is 259 g/mol. The third kappa shape index (κ3) is 6.32. The predicted octanol–water partition coefficient (Wildman–Crippen LogP) is 2.59. The van der Waals surface area contributed by atoms with E-state index in [9.17, 15) is 4.79 Å². The van der Waals surface area contributed by atoms with E-state index >= 15 is 0 Å². The summed E-state index contributed by atoms with van der Waals surface area (Å²) in [7, 11) is 0. The lowest BCUT2D eigenvalue weighted by Gasteiger charge is -2.29. The Labute approximate surface area is 109 Å². The third-order valence-corrected chi connectivity index (χ3v) is 4.35. The third-order valence-electron chi connectivity index (χ3n) is 3.05. The lowest BCUT2D eigenvalue weighted by atomic mass is 9.95. The molecule has 2 unspecified atom stereocenters. The van der Waals surface area contributed by atoms with Crippen molar-refractivity contribution in [1.82, 2.24) is 5.32 Å². The Bertz CT molecular complexity index is 223. The molecular formula is C13H25NO2S. The smallest absolute Gasteiger partial charge is 0.315 e. The molecule has 17 heavy (non-hydrogen) atoms. The molecule has 0 heterocycles. The number of nitrogens with one attached hydrogen (secondary N) is 1. The van der Waals surface area contributed by atoms with E-state index in [0.29, 0.717) is 23.7 Å². The van der Waals surface area contributed by atoms with E-state index in [1.54, 1.807) is 11.8 Å². The SMILES string of the molecule is CCCNC1CCCC(SCC(=O)OCC)C1. The lowest BCUT2D eigenvalue weighted by molar-refractivity contribution is -0.139. The topological polar surface area (TPSA) is 38.3 Å². The monoisotopic (exact) mass is 259 g/mol. The van der Waals surface area contributed by atoms with Crippen molar-refractivity contribution in [3.63, 3.8) is 0 Å². The van der Waals surface area contributed by atoms with Gasteiger partial charge >= 0.3 is 5.97 Å². The Balaban J connectivity index is 2.17. The molecule has 2 atom stereocenters. The summed E-state index contributed by atoms with van der Waals surface area (Å²) in [6.07, 6.45) is 6.20. The van der Waals surface area contributed by atoms with Gasteiger partial charge in [0.25, 0.3) is 0 Å². The molecule has 0 aromatic carbocycles. The molecule has 3 nitrogen and oxygen atoms in total. The minimum absolute atomic E-state index is 0.0684. The zero-order valence-corrected chi connectivity index (χ0v) is 11.9. The van der Waals surface area contributed by atoms with E-state index in [4.69, 9.17) is 4.74 Å². The average Bonchev–Trinajstić information content (AvgIpc) is 2.35. The highest BCUT2D eigenvalue weighted by molar-refractivity contribution is 8.00. The second-order valence-corrected chi connectivity index (χ2v) is 5.84. The Kier molecular flexibility index (Phi) is 7.69. The van der Waals surface area contributed by atoms with Crippen molar-refractivity contribution in [2.45, 2.75) is 57.2 Å². The van der Waals surface area contributed by atoms with Crippen LogP contribution < -0.4 is 5.32 Å². The van der Waals surface area contributed by atoms with Gasteiger partial charge in [-0.3, -0.25) is 4.79 Å². The first kappa shape index (κ1) is 14.8. The molecule has 0 aliphatic heterocycles. The molecule has 1 rings (SSSR count). The molecule has 1 saturated carbocycles. The minimum Gasteiger partial charge on any atom is -0.465 e. The molecule has 1 aliphatic rings. The molecule has 0 radical (unpaired) electrons. The summed E-state index contributed by atoms with van der Waals surface area (Å²) in [5, 5.41) is 4.21. The van der Waals surface area contributed by atoms with E-state index in [-0.39, 0.29) is 5.97 Å². The number of rotatable bonds is 7. The molecule has 1 fully saturated rings. The maximum absolute atomic E-state index is 11.3. The van der Waals surface area contributed by atoms with E-state index < -0.39 is 0 Å². The van der Waals surface area contributed by atoms with Gasteiger partial charge in [-0.2, -0.15) is 0 Å². The van der Waals surface area contributed by atoms with Crippen LogP contribution in [-0.2, 0) is 9.53 Å². The molecule has 0 saturated heterocycles. The largest absolute Gasteiger partial charge is 0.465 e. The fraction of sp³-hybridized carbons (Fsp3) is 0.923. The molecule has 0 aromatic heterocycles. The summed E-state index contributed by atoms with van der Waals surface area (Å²) in [5.41, 5.74) is 0. The molecule has 1 aliphatic carbocycles. The molecule has 0 spiro atoms. The Morgan fingerprint density at radius 2 is 2.24 bits per heavy atom. The van der Waals surface area contributed by atoms with Gasteiger partial charge in [0.2, 0.25) is 0 Å². The molecule has 4 heteroatoms. The molecular weight excluding hydrogens is 234 g/mol. The van der Waals surface area contributed by atoms with Gasteiger partial charge in [0, 0.05) is 11.3 Å². The highest BCUT2D eigenvalue weighted by Gasteiger charge is 2.22. The van der Waals surface area contributed by atoms with Crippen LogP contribution in [0.2, 0.25) is 0 Å². The number of thioether (sulfide) groups is 1. The van der Waals surface area contributed by atoms with Crippen molar-refractivity contribution < 1.29 is 9.53 Å². The van der Waals surface area contributed by atoms with Crippen LogP contribution in [0.1, 0.15) is 46.0 Å². The highest BCUT2D eigenvalue weighted by Crippen LogP contribution is 2.28. The Hall–Kier alpha value is -0.220. The van der Waals surface area contributed by atoms with Gasteiger partial charge < -0.3 is 10.1 Å². The van der Waals surface area contributed by atoms with Crippen molar-refractivity contribution in [2.75, 3.05) is 18.9 Å². The fourth-order valence-electron chi connectivity index (χ4n) is 2.22. The zero-order valence-electron chi connectivity index (χ0n) is 11.0. The van der Waals surface area contributed by atoms with Crippen molar-refractivity contribution in [3.8, 4) is 0 Å². The number of esters is 1. The first-order valence-electron chi connectivity index (χ1n) is 6.76. The van der Waals surface area contributed by atoms with Crippen LogP contribution in [0, 0.1) is 0 Å². The maximum atomic E-state index is 11.3. The van der Waals surface area contributed by atoms with Gasteiger partial charge in [0.15, 0.2) is 0 Å². The summed E-state index contributed by atoms with van der Waals surface area (Å²) in [4.78, 5) is 11.3. The lowest BCUT2D eigenvalue weighted by Crippen LogP contribution is -2.35. The van der Waals surface area contributed by atoms with Crippen LogP contribution in [0.3, 0.4) is 0 Å². The second-order valence-electron chi connectivity index (χ2n) is 4.56. The maximum Gasteiger partial charge on any atom is 0.315 e. The number of hydrogen-bond acceptors (Lipinski definition) is 4. The number of carbonyl (C=O) groups excluding carboxylic acids is 1. The Morgan fingerprint density at radius 1 is 1.41 bits per heavy atom. The molecule has 0 bridgehead atoms. The van der Waals surface area contributed by atoms with Crippen molar-refractivity contribution in [3.05, 3.63) is 0 Å². The molecule has 100 valence electrons. The first-order valence-corrected chi connectivity index (χ1v) is 7.81. The number of hydrogen-bond donors (Lipinski definition) is 1. The summed E-state index contributed by atoms with van der Waals surface area (Å²) in [5.74, 6) is 0.445. The van der Waals surface area contributed by atoms with Crippen LogP contribution in [-0.4, -0.2) is 36.2 Å². The minimum atomic E-state index is -0.0684. The van der Waals surface area contributed by atoms with Gasteiger partial charge in [0.1, 0.15) is 0 Å². The van der Waals surface area contributed by atoms with Crippen LogP contribution in [0.15, 0.2) is 0 Å². The van der Waals surface area contributed by atoms with Gasteiger partial charge in [0.05, 0.1) is 12.4 Å². The highest BCUT2D eigenvalue weighted by atomic mass is 32.2. The van der Waals surface area contributed by atoms with Crippen molar-refractivity contribution >= 4 is 17.7 Å². The van der Waals surface area contributed by atoms with Crippen LogP contribution in [0.5, 0.6) is 0 Å². The molecule has 0 amide bonds. The molecule has 0 aromatic rings. The van der Waals surface area contributed by atoms with E-state index in [1.807, 2.05) is 6.92 Å². The van der Waals surface area contributed by atoms with E-state index in [0.717, 1.165) is 6.54 Å². The fourth-order valence-corrected chi connectivity index (χ4v) is 3.38. The predicted molar refractivity (Wildman–Crippen MR) is 73.4 cm³/mol. The Morgan fingerprint density at radius 3 is 2.94 bits per heavy atom. The van der Waals surface area contributed by atoms with Crippen molar-refractivity contribution in [2.24, 2.45) is 0 Å². The normalized spacial score (nSPS) is 24.6. The zero-order chi connectivity index (χ0) is 12.5. The van der Waals surface area contributed by atoms with Gasteiger partial charge in [-0.1, -0.05) is 13.3 Å². The van der Waals surface area contributed by atoms with E-state index in [2.05, 4.69) is 12.2 Å².